The highest BCUT2D eigenvalue weighted by molar-refractivity contribution is 7.23. The quantitative estimate of drug-likeness (QED) is 0.478. The number of aryl methyl sites for hydroxylation is 1. The second-order valence-electron chi connectivity index (χ2n) is 6.01. The average molecular weight is 415 g/mol. The number of carbonyl (C=O) groups excluding carboxylic acids is 1. The molecule has 0 aliphatic carbocycles. The van der Waals surface area contributed by atoms with Gasteiger partial charge in [0.2, 0.25) is 5.76 Å². The van der Waals surface area contributed by atoms with E-state index in [2.05, 4.69) is 15.1 Å². The third-order valence-corrected chi connectivity index (χ3v) is 5.58. The van der Waals surface area contributed by atoms with Crippen molar-refractivity contribution in [3.63, 3.8) is 0 Å². The van der Waals surface area contributed by atoms with Crippen LogP contribution in [0.5, 0.6) is 5.75 Å². The van der Waals surface area contributed by atoms with Gasteiger partial charge in [0.15, 0.2) is 5.13 Å². The molecular weight excluding hydrogens is 400 g/mol. The number of ether oxygens (including phenoxy) is 1. The average Bonchev–Trinajstić information content (AvgIpc) is 3.34. The number of pyridine rings is 1. The molecule has 0 aliphatic rings. The molecule has 4 rings (SSSR count). The molecule has 0 fully saturated rings. The Balaban J connectivity index is 1.82. The molecule has 7 nitrogen and oxygen atoms in total. The molecule has 0 N–H and O–H groups in total. The van der Waals surface area contributed by atoms with E-state index in [0.29, 0.717) is 27.1 Å². The van der Waals surface area contributed by atoms with Crippen molar-refractivity contribution < 1.29 is 14.1 Å². The SMILES string of the molecule is COc1ccc(Cl)c2sc(N(Cc3cccnc3)C(=O)c3cc(C)no3)nc12. The molecule has 3 aromatic heterocycles. The molecule has 0 spiro atoms. The van der Waals surface area contributed by atoms with Crippen molar-refractivity contribution in [1.29, 1.82) is 0 Å². The zero-order valence-corrected chi connectivity index (χ0v) is 16.6. The van der Waals surface area contributed by atoms with Gasteiger partial charge in [0.1, 0.15) is 11.3 Å². The summed E-state index contributed by atoms with van der Waals surface area (Å²) in [5.41, 5.74) is 2.08. The van der Waals surface area contributed by atoms with Gasteiger partial charge < -0.3 is 9.26 Å². The number of hydrogen-bond donors (Lipinski definition) is 0. The van der Waals surface area contributed by atoms with Crippen molar-refractivity contribution in [2.75, 3.05) is 12.0 Å². The van der Waals surface area contributed by atoms with Gasteiger partial charge in [0.25, 0.3) is 5.91 Å². The molecule has 0 atom stereocenters. The molecule has 9 heteroatoms. The first kappa shape index (κ1) is 18.4. The van der Waals surface area contributed by atoms with Gasteiger partial charge in [0, 0.05) is 18.5 Å². The molecule has 3 heterocycles. The first-order chi connectivity index (χ1) is 13.6. The monoisotopic (exact) mass is 414 g/mol. The van der Waals surface area contributed by atoms with E-state index < -0.39 is 0 Å². The standard InChI is InChI=1S/C19H15ClN4O3S/c1-11-8-15(27-23-11)18(25)24(10-12-4-3-7-21-9-12)19-22-16-14(26-2)6-5-13(20)17(16)28-19/h3-9H,10H2,1-2H3. The van der Waals surface area contributed by atoms with E-state index >= 15 is 0 Å². The van der Waals surface area contributed by atoms with E-state index in [4.69, 9.17) is 20.9 Å². The zero-order chi connectivity index (χ0) is 19.7. The molecule has 0 aliphatic heterocycles. The largest absolute Gasteiger partial charge is 0.494 e. The Morgan fingerprint density at radius 1 is 1.36 bits per heavy atom. The van der Waals surface area contributed by atoms with Crippen LogP contribution in [-0.4, -0.2) is 28.1 Å². The molecule has 1 aromatic carbocycles. The van der Waals surface area contributed by atoms with Crippen molar-refractivity contribution in [3.8, 4) is 5.75 Å². The lowest BCUT2D eigenvalue weighted by Crippen LogP contribution is -2.30. The Hall–Kier alpha value is -2.97. The Morgan fingerprint density at radius 2 is 2.21 bits per heavy atom. The molecule has 28 heavy (non-hydrogen) atoms. The number of rotatable bonds is 5. The highest BCUT2D eigenvalue weighted by atomic mass is 35.5. The highest BCUT2D eigenvalue weighted by Gasteiger charge is 2.26. The summed E-state index contributed by atoms with van der Waals surface area (Å²) in [5.74, 6) is 0.378. The Morgan fingerprint density at radius 3 is 2.89 bits per heavy atom. The van der Waals surface area contributed by atoms with Crippen molar-refractivity contribution in [1.82, 2.24) is 15.1 Å². The van der Waals surface area contributed by atoms with Crippen LogP contribution in [-0.2, 0) is 6.54 Å². The van der Waals surface area contributed by atoms with E-state index in [9.17, 15) is 4.79 Å². The first-order valence-corrected chi connectivity index (χ1v) is 9.53. The van der Waals surface area contributed by atoms with E-state index in [1.165, 1.54) is 16.2 Å². The van der Waals surface area contributed by atoms with Gasteiger partial charge in [-0.05, 0) is 30.7 Å². The Kier molecular flexibility index (Phi) is 4.97. The molecule has 0 bridgehead atoms. The summed E-state index contributed by atoms with van der Waals surface area (Å²) in [5, 5.41) is 4.83. The highest BCUT2D eigenvalue weighted by Crippen LogP contribution is 2.39. The van der Waals surface area contributed by atoms with Gasteiger partial charge in [-0.1, -0.05) is 34.2 Å². The topological polar surface area (TPSA) is 81.4 Å². The molecular formula is C19H15ClN4O3S. The van der Waals surface area contributed by atoms with Gasteiger partial charge in [-0.3, -0.25) is 14.7 Å². The number of carbonyl (C=O) groups is 1. The van der Waals surface area contributed by atoms with Crippen molar-refractivity contribution in [2.24, 2.45) is 0 Å². The van der Waals surface area contributed by atoms with Crippen LogP contribution in [0.3, 0.4) is 0 Å². The van der Waals surface area contributed by atoms with Crippen molar-refractivity contribution >= 4 is 44.2 Å². The van der Waals surface area contributed by atoms with Gasteiger partial charge in [0.05, 0.1) is 29.1 Å². The first-order valence-electron chi connectivity index (χ1n) is 8.34. The predicted molar refractivity (Wildman–Crippen MR) is 107 cm³/mol. The summed E-state index contributed by atoms with van der Waals surface area (Å²) < 4.78 is 11.3. The van der Waals surface area contributed by atoms with Crippen LogP contribution in [0, 0.1) is 6.92 Å². The minimum atomic E-state index is -0.349. The summed E-state index contributed by atoms with van der Waals surface area (Å²) in [7, 11) is 1.57. The molecule has 1 amide bonds. The summed E-state index contributed by atoms with van der Waals surface area (Å²) >= 11 is 7.65. The van der Waals surface area contributed by atoms with Crippen LogP contribution in [0.1, 0.15) is 21.8 Å². The number of amides is 1. The van der Waals surface area contributed by atoms with Crippen LogP contribution in [0.2, 0.25) is 5.02 Å². The number of thiazole rings is 1. The van der Waals surface area contributed by atoms with E-state index in [1.54, 1.807) is 44.6 Å². The van der Waals surface area contributed by atoms with Crippen molar-refractivity contribution in [3.05, 3.63) is 64.8 Å². The summed E-state index contributed by atoms with van der Waals surface area (Å²) in [6, 6.07) is 8.80. The Labute approximate surface area is 169 Å². The number of anilines is 1. The fourth-order valence-electron chi connectivity index (χ4n) is 2.72. The number of nitrogens with zero attached hydrogens (tertiary/aromatic N) is 4. The predicted octanol–water partition coefficient (Wildman–Crippen LogP) is 4.50. The molecule has 0 radical (unpaired) electrons. The normalized spacial score (nSPS) is 11.0. The van der Waals surface area contributed by atoms with Gasteiger partial charge in [-0.2, -0.15) is 0 Å². The van der Waals surface area contributed by atoms with Gasteiger partial charge in [-0.25, -0.2) is 4.98 Å². The molecule has 0 saturated heterocycles. The van der Waals surface area contributed by atoms with Crippen LogP contribution in [0.15, 0.2) is 47.2 Å². The van der Waals surface area contributed by atoms with Crippen molar-refractivity contribution in [2.45, 2.75) is 13.5 Å². The Bertz CT molecular complexity index is 1140. The lowest BCUT2D eigenvalue weighted by molar-refractivity contribution is 0.0949. The summed E-state index contributed by atoms with van der Waals surface area (Å²) in [4.78, 5) is 23.4. The minimum Gasteiger partial charge on any atom is -0.494 e. The van der Waals surface area contributed by atoms with Gasteiger partial charge >= 0.3 is 0 Å². The summed E-state index contributed by atoms with van der Waals surface area (Å²) in [6.07, 6.45) is 3.38. The maximum absolute atomic E-state index is 13.2. The number of aromatic nitrogens is 3. The number of hydrogen-bond acceptors (Lipinski definition) is 7. The number of methoxy groups -OCH3 is 1. The van der Waals surface area contributed by atoms with E-state index in [-0.39, 0.29) is 18.2 Å². The molecule has 142 valence electrons. The second-order valence-corrected chi connectivity index (χ2v) is 7.39. The van der Waals surface area contributed by atoms with Crippen LogP contribution >= 0.6 is 22.9 Å². The number of benzene rings is 1. The third-order valence-electron chi connectivity index (χ3n) is 4.05. The third kappa shape index (κ3) is 3.44. The maximum atomic E-state index is 13.2. The maximum Gasteiger partial charge on any atom is 0.298 e. The molecule has 0 saturated carbocycles. The molecule has 0 unspecified atom stereocenters. The fraction of sp³-hybridized carbons (Fsp3) is 0.158. The van der Waals surface area contributed by atoms with Gasteiger partial charge in [-0.15, -0.1) is 0 Å². The molecule has 4 aromatic rings. The fourth-order valence-corrected chi connectivity index (χ4v) is 3.97. The van der Waals surface area contributed by atoms with E-state index in [1.807, 2.05) is 12.1 Å². The van der Waals surface area contributed by atoms with E-state index in [0.717, 1.165) is 10.3 Å². The van der Waals surface area contributed by atoms with Crippen LogP contribution < -0.4 is 9.64 Å². The smallest absolute Gasteiger partial charge is 0.298 e. The minimum absolute atomic E-state index is 0.138. The lowest BCUT2D eigenvalue weighted by Gasteiger charge is -2.18. The van der Waals surface area contributed by atoms with Crippen LogP contribution in [0.4, 0.5) is 5.13 Å². The zero-order valence-electron chi connectivity index (χ0n) is 15.0. The van der Waals surface area contributed by atoms with Crippen LogP contribution in [0.25, 0.3) is 10.2 Å². The lowest BCUT2D eigenvalue weighted by atomic mass is 10.2. The number of halogens is 1. The summed E-state index contributed by atoms with van der Waals surface area (Å²) in [6.45, 7) is 2.03. The second kappa shape index (κ2) is 7.57. The number of fused-ring (bicyclic) bond motifs is 1.